The Morgan fingerprint density at radius 2 is 1.77 bits per heavy atom. The number of aliphatic hydroxyl groups excluding tert-OH is 1. The lowest BCUT2D eigenvalue weighted by Crippen LogP contribution is -1.99. The van der Waals surface area contributed by atoms with Crippen molar-refractivity contribution in [3.05, 3.63) is 35.1 Å². The first-order chi connectivity index (χ1) is 10.4. The molecule has 1 unspecified atom stereocenters. The van der Waals surface area contributed by atoms with Gasteiger partial charge in [0.15, 0.2) is 0 Å². The molecule has 1 atom stereocenters. The van der Waals surface area contributed by atoms with Crippen LogP contribution < -0.4 is 0 Å². The Kier molecular flexibility index (Phi) is 11.8. The lowest BCUT2D eigenvalue weighted by atomic mass is 10.0. The van der Waals surface area contributed by atoms with Gasteiger partial charge in [0.2, 0.25) is 0 Å². The van der Waals surface area contributed by atoms with Crippen molar-refractivity contribution in [2.45, 2.75) is 73.6 Å². The summed E-state index contributed by atoms with van der Waals surface area (Å²) < 4.78 is 0. The minimum absolute atomic E-state index is 0.305. The van der Waals surface area contributed by atoms with Crippen LogP contribution in [0.3, 0.4) is 0 Å². The van der Waals surface area contributed by atoms with Crippen molar-refractivity contribution in [3.63, 3.8) is 0 Å². The standard InChI is InChI=1S/C20H35NO/c1-7-20(21-16(2)3)14-18(5)12-8-10-17(4)11-9-13-19(6)15-22/h7,10,14,19,22H,8-9,11-13,15H2,1-6H3/b17-10-,18-14+,20-7-. The topological polar surface area (TPSA) is 32.6 Å². The third kappa shape index (κ3) is 11.5. The van der Waals surface area contributed by atoms with Crippen molar-refractivity contribution in [1.29, 1.82) is 0 Å². The number of hydrogen-bond acceptors (Lipinski definition) is 2. The molecule has 0 saturated heterocycles. The Morgan fingerprint density at radius 1 is 1.09 bits per heavy atom. The Morgan fingerprint density at radius 3 is 2.32 bits per heavy atom. The number of allylic oxidation sites excluding steroid dienone is 5. The molecule has 0 amide bonds. The van der Waals surface area contributed by atoms with Crippen molar-refractivity contribution < 1.29 is 5.11 Å². The van der Waals surface area contributed by atoms with E-state index in [2.05, 4.69) is 44.0 Å². The predicted octanol–water partition coefficient (Wildman–Crippen LogP) is 5.84. The fourth-order valence-corrected chi connectivity index (χ4v) is 2.23. The molecule has 0 rings (SSSR count). The fourth-order valence-electron chi connectivity index (χ4n) is 2.23. The molecule has 0 aromatic rings. The van der Waals surface area contributed by atoms with Crippen molar-refractivity contribution in [1.82, 2.24) is 0 Å². The molecule has 0 spiro atoms. The molecule has 0 heterocycles. The molecule has 22 heavy (non-hydrogen) atoms. The van der Waals surface area contributed by atoms with Crippen LogP contribution in [0.5, 0.6) is 0 Å². The minimum Gasteiger partial charge on any atom is -0.396 e. The van der Waals surface area contributed by atoms with E-state index in [-0.39, 0.29) is 0 Å². The smallest absolute Gasteiger partial charge is 0.0585 e. The van der Waals surface area contributed by atoms with E-state index in [1.807, 2.05) is 20.8 Å². The SMILES string of the molecule is C/C=C(/C=C(\C)CC/C=C(/C)CCCC(C)CO)N=C(C)C. The van der Waals surface area contributed by atoms with Crippen LogP contribution in [0.15, 0.2) is 40.1 Å². The summed E-state index contributed by atoms with van der Waals surface area (Å²) >= 11 is 0. The van der Waals surface area contributed by atoms with E-state index in [1.54, 1.807) is 0 Å². The molecule has 126 valence electrons. The van der Waals surface area contributed by atoms with Gasteiger partial charge in [-0.25, -0.2) is 0 Å². The largest absolute Gasteiger partial charge is 0.396 e. The molecule has 1 N–H and O–H groups in total. The molecule has 0 saturated carbocycles. The highest BCUT2D eigenvalue weighted by molar-refractivity contribution is 5.80. The molecule has 0 aliphatic rings. The lowest BCUT2D eigenvalue weighted by Gasteiger charge is -2.07. The van der Waals surface area contributed by atoms with E-state index in [0.29, 0.717) is 12.5 Å². The van der Waals surface area contributed by atoms with E-state index in [0.717, 1.165) is 37.1 Å². The highest BCUT2D eigenvalue weighted by atomic mass is 16.3. The summed E-state index contributed by atoms with van der Waals surface area (Å²) in [6.07, 6.45) is 12.2. The van der Waals surface area contributed by atoms with Crippen molar-refractivity contribution in [2.75, 3.05) is 6.61 Å². The number of hydrogen-bond donors (Lipinski definition) is 1. The molecular weight excluding hydrogens is 270 g/mol. The molecule has 0 aliphatic heterocycles. The molecule has 0 radical (unpaired) electrons. The highest BCUT2D eigenvalue weighted by Crippen LogP contribution is 2.15. The lowest BCUT2D eigenvalue weighted by molar-refractivity contribution is 0.228. The van der Waals surface area contributed by atoms with E-state index in [1.165, 1.54) is 17.6 Å². The van der Waals surface area contributed by atoms with Crippen LogP contribution >= 0.6 is 0 Å². The Bertz CT molecular complexity index is 423. The molecular formula is C20H35NO. The summed E-state index contributed by atoms with van der Waals surface area (Å²) in [6, 6.07) is 0. The zero-order chi connectivity index (χ0) is 17.0. The molecule has 2 nitrogen and oxygen atoms in total. The van der Waals surface area contributed by atoms with Crippen LogP contribution in [0.2, 0.25) is 0 Å². The summed E-state index contributed by atoms with van der Waals surface area (Å²) in [5, 5.41) is 9.01. The number of aliphatic hydroxyl groups is 1. The molecule has 0 fully saturated rings. The molecule has 2 heteroatoms. The third-order valence-electron chi connectivity index (χ3n) is 3.65. The first-order valence-electron chi connectivity index (χ1n) is 8.50. The summed E-state index contributed by atoms with van der Waals surface area (Å²) in [6.45, 7) is 12.9. The number of rotatable bonds is 10. The van der Waals surface area contributed by atoms with Gasteiger partial charge < -0.3 is 5.11 Å². The maximum Gasteiger partial charge on any atom is 0.0585 e. The molecule has 0 aromatic carbocycles. The molecule has 0 aliphatic carbocycles. The Hall–Kier alpha value is -1.15. The van der Waals surface area contributed by atoms with Gasteiger partial charge in [0.05, 0.1) is 5.70 Å². The monoisotopic (exact) mass is 305 g/mol. The number of aliphatic imine (C=N–C) groups is 1. The van der Waals surface area contributed by atoms with Gasteiger partial charge in [0.25, 0.3) is 0 Å². The van der Waals surface area contributed by atoms with Gasteiger partial charge in [-0.1, -0.05) is 30.2 Å². The Labute approximate surface area is 137 Å². The van der Waals surface area contributed by atoms with E-state index in [9.17, 15) is 0 Å². The van der Waals surface area contributed by atoms with Crippen molar-refractivity contribution in [3.8, 4) is 0 Å². The normalized spacial score (nSPS) is 15.0. The van der Waals surface area contributed by atoms with Crippen molar-refractivity contribution in [2.24, 2.45) is 10.9 Å². The third-order valence-corrected chi connectivity index (χ3v) is 3.65. The van der Waals surface area contributed by atoms with E-state index >= 15 is 0 Å². The van der Waals surface area contributed by atoms with Gasteiger partial charge in [0.1, 0.15) is 0 Å². The second-order valence-electron chi connectivity index (χ2n) is 6.53. The van der Waals surface area contributed by atoms with Crippen LogP contribution in [0.1, 0.15) is 73.6 Å². The second kappa shape index (κ2) is 12.4. The zero-order valence-electron chi connectivity index (χ0n) is 15.4. The predicted molar refractivity (Wildman–Crippen MR) is 99.4 cm³/mol. The van der Waals surface area contributed by atoms with Crippen LogP contribution in [-0.4, -0.2) is 17.4 Å². The van der Waals surface area contributed by atoms with Crippen LogP contribution in [-0.2, 0) is 0 Å². The quantitative estimate of drug-likeness (QED) is 0.307. The first-order valence-corrected chi connectivity index (χ1v) is 8.50. The van der Waals surface area contributed by atoms with Crippen LogP contribution in [0.25, 0.3) is 0 Å². The van der Waals surface area contributed by atoms with Crippen molar-refractivity contribution >= 4 is 5.71 Å². The van der Waals surface area contributed by atoms with Gasteiger partial charge >= 0.3 is 0 Å². The summed E-state index contributed by atoms with van der Waals surface area (Å²) in [5.41, 5.74) is 4.98. The number of nitrogens with zero attached hydrogens (tertiary/aromatic N) is 1. The van der Waals surface area contributed by atoms with E-state index in [4.69, 9.17) is 5.11 Å². The Balaban J connectivity index is 4.21. The molecule has 0 bridgehead atoms. The van der Waals surface area contributed by atoms with Gasteiger partial charge in [-0.05, 0) is 78.7 Å². The van der Waals surface area contributed by atoms with Gasteiger partial charge in [-0.3, -0.25) is 4.99 Å². The first kappa shape index (κ1) is 20.9. The summed E-state index contributed by atoms with van der Waals surface area (Å²) in [5.74, 6) is 0.430. The zero-order valence-corrected chi connectivity index (χ0v) is 15.4. The van der Waals surface area contributed by atoms with Gasteiger partial charge in [-0.15, -0.1) is 0 Å². The maximum atomic E-state index is 9.01. The average Bonchev–Trinajstić information content (AvgIpc) is 2.45. The minimum atomic E-state index is 0.305. The fraction of sp³-hybridized carbons (Fsp3) is 0.650. The van der Waals surface area contributed by atoms with Gasteiger partial charge in [0, 0.05) is 12.3 Å². The van der Waals surface area contributed by atoms with Gasteiger partial charge in [-0.2, -0.15) is 0 Å². The maximum absolute atomic E-state index is 9.01. The summed E-state index contributed by atoms with van der Waals surface area (Å²) in [4.78, 5) is 4.51. The van der Waals surface area contributed by atoms with Crippen LogP contribution in [0, 0.1) is 5.92 Å². The average molecular weight is 306 g/mol. The summed E-state index contributed by atoms with van der Waals surface area (Å²) in [7, 11) is 0. The highest BCUT2D eigenvalue weighted by Gasteiger charge is 2.00. The van der Waals surface area contributed by atoms with Crippen LogP contribution in [0.4, 0.5) is 0 Å². The second-order valence-corrected chi connectivity index (χ2v) is 6.53. The molecule has 0 aromatic heterocycles. The van der Waals surface area contributed by atoms with E-state index < -0.39 is 0 Å².